The Morgan fingerprint density at radius 1 is 1.27 bits per heavy atom. The van der Waals surface area contributed by atoms with Gasteiger partial charge in [0.15, 0.2) is 0 Å². The molecule has 0 bridgehead atoms. The van der Waals surface area contributed by atoms with Crippen LogP contribution in [0.25, 0.3) is 0 Å². The van der Waals surface area contributed by atoms with Gasteiger partial charge >= 0.3 is 0 Å². The lowest BCUT2D eigenvalue weighted by atomic mass is 9.92. The minimum atomic E-state index is -3.27. The van der Waals surface area contributed by atoms with Crippen LogP contribution in [0.2, 0.25) is 0 Å². The van der Waals surface area contributed by atoms with Crippen molar-refractivity contribution in [3.05, 3.63) is 0 Å². The van der Waals surface area contributed by atoms with E-state index in [4.69, 9.17) is 8.92 Å². The molecule has 4 nitrogen and oxygen atoms in total. The van der Waals surface area contributed by atoms with Gasteiger partial charge in [-0.2, -0.15) is 8.42 Å². The number of methoxy groups -OCH3 is 1. The summed E-state index contributed by atoms with van der Waals surface area (Å²) >= 11 is 0. The minimum Gasteiger partial charge on any atom is -0.381 e. The second kappa shape index (κ2) is 3.08. The highest BCUT2D eigenvalue weighted by molar-refractivity contribution is 7.86. The zero-order valence-electron chi connectivity index (χ0n) is 6.61. The minimum absolute atomic E-state index is 0.157. The Morgan fingerprint density at radius 3 is 2.18 bits per heavy atom. The second-order valence-electron chi connectivity index (χ2n) is 2.75. The maximum Gasteiger partial charge on any atom is 0.264 e. The molecule has 11 heavy (non-hydrogen) atoms. The lowest BCUT2D eigenvalue weighted by molar-refractivity contribution is -0.0351. The summed E-state index contributed by atoms with van der Waals surface area (Å²) in [6.07, 6.45) is 2.46. The topological polar surface area (TPSA) is 52.6 Å². The van der Waals surface area contributed by atoms with Gasteiger partial charge in [0.1, 0.15) is 0 Å². The van der Waals surface area contributed by atoms with E-state index in [9.17, 15) is 8.42 Å². The molecule has 1 fully saturated rings. The average Bonchev–Trinajstić information content (AvgIpc) is 1.75. The van der Waals surface area contributed by atoms with Gasteiger partial charge in [-0.25, -0.2) is 0 Å². The van der Waals surface area contributed by atoms with Gasteiger partial charge in [0.2, 0.25) is 0 Å². The van der Waals surface area contributed by atoms with Crippen LogP contribution in [0.5, 0.6) is 0 Å². The molecule has 0 unspecified atom stereocenters. The van der Waals surface area contributed by atoms with E-state index in [0.717, 1.165) is 6.26 Å². The highest BCUT2D eigenvalue weighted by Gasteiger charge is 2.32. The Kier molecular flexibility index (Phi) is 2.51. The van der Waals surface area contributed by atoms with E-state index in [1.165, 1.54) is 0 Å². The first-order chi connectivity index (χ1) is 5.01. The second-order valence-corrected chi connectivity index (χ2v) is 4.35. The van der Waals surface area contributed by atoms with Gasteiger partial charge in [-0.05, 0) is 0 Å². The van der Waals surface area contributed by atoms with E-state index in [-0.39, 0.29) is 12.2 Å². The summed E-state index contributed by atoms with van der Waals surface area (Å²) in [4.78, 5) is 0. The van der Waals surface area contributed by atoms with Crippen LogP contribution < -0.4 is 0 Å². The summed E-state index contributed by atoms with van der Waals surface area (Å²) in [6, 6.07) is 0. The molecule has 0 spiro atoms. The Bertz CT molecular complexity index is 215. The van der Waals surface area contributed by atoms with Crippen molar-refractivity contribution in [3.63, 3.8) is 0 Å². The van der Waals surface area contributed by atoms with Gasteiger partial charge in [0.25, 0.3) is 10.1 Å². The monoisotopic (exact) mass is 180 g/mol. The third-order valence-corrected chi connectivity index (χ3v) is 2.32. The zero-order chi connectivity index (χ0) is 8.48. The number of hydrogen-bond acceptors (Lipinski definition) is 4. The molecular weight excluding hydrogens is 168 g/mol. The van der Waals surface area contributed by atoms with E-state index in [1.54, 1.807) is 7.11 Å². The van der Waals surface area contributed by atoms with Crippen molar-refractivity contribution in [3.8, 4) is 0 Å². The van der Waals surface area contributed by atoms with Gasteiger partial charge in [0, 0.05) is 20.0 Å². The Hall–Kier alpha value is -0.130. The first-order valence-electron chi connectivity index (χ1n) is 3.42. The third kappa shape index (κ3) is 2.76. The molecule has 1 aliphatic rings. The molecule has 1 saturated carbocycles. The first kappa shape index (κ1) is 8.96. The van der Waals surface area contributed by atoms with Crippen molar-refractivity contribution in [2.24, 2.45) is 0 Å². The number of rotatable bonds is 3. The summed E-state index contributed by atoms with van der Waals surface area (Å²) in [6.45, 7) is 0. The maximum absolute atomic E-state index is 10.6. The molecule has 0 saturated heterocycles. The molecule has 5 heteroatoms. The Balaban J connectivity index is 2.24. The largest absolute Gasteiger partial charge is 0.381 e. The highest BCUT2D eigenvalue weighted by atomic mass is 32.2. The molecule has 0 N–H and O–H groups in total. The van der Waals surface area contributed by atoms with Crippen molar-refractivity contribution in [1.29, 1.82) is 0 Å². The van der Waals surface area contributed by atoms with E-state index in [1.807, 2.05) is 0 Å². The fourth-order valence-electron chi connectivity index (χ4n) is 1.04. The predicted molar refractivity (Wildman–Crippen MR) is 39.7 cm³/mol. The van der Waals surface area contributed by atoms with Gasteiger partial charge in [0.05, 0.1) is 18.5 Å². The summed E-state index contributed by atoms with van der Waals surface area (Å²) in [5.74, 6) is 0. The molecule has 0 aromatic rings. The molecule has 1 aliphatic carbocycles. The van der Waals surface area contributed by atoms with Crippen LogP contribution in [0.15, 0.2) is 0 Å². The van der Waals surface area contributed by atoms with Crippen LogP contribution >= 0.6 is 0 Å². The molecular formula is C6H12O4S. The summed E-state index contributed by atoms with van der Waals surface area (Å²) in [5.41, 5.74) is 0. The highest BCUT2D eigenvalue weighted by Crippen LogP contribution is 2.26. The third-order valence-electron chi connectivity index (χ3n) is 1.70. The van der Waals surface area contributed by atoms with Crippen molar-refractivity contribution >= 4 is 10.1 Å². The Morgan fingerprint density at radius 2 is 1.82 bits per heavy atom. The molecule has 0 aromatic heterocycles. The van der Waals surface area contributed by atoms with Crippen LogP contribution in [0.1, 0.15) is 12.8 Å². The van der Waals surface area contributed by atoms with E-state index in [0.29, 0.717) is 12.8 Å². The fraction of sp³-hybridized carbons (Fsp3) is 1.00. The zero-order valence-corrected chi connectivity index (χ0v) is 7.43. The van der Waals surface area contributed by atoms with Gasteiger partial charge in [-0.1, -0.05) is 0 Å². The lowest BCUT2D eigenvalue weighted by Gasteiger charge is -2.32. The first-order valence-corrected chi connectivity index (χ1v) is 5.24. The van der Waals surface area contributed by atoms with Gasteiger partial charge < -0.3 is 4.74 Å². The smallest absolute Gasteiger partial charge is 0.264 e. The van der Waals surface area contributed by atoms with Crippen molar-refractivity contribution in [2.75, 3.05) is 13.4 Å². The molecule has 0 atom stereocenters. The predicted octanol–water partition coefficient (Wildman–Crippen LogP) is 0.140. The lowest BCUT2D eigenvalue weighted by Crippen LogP contribution is -2.37. The fourth-order valence-corrected chi connectivity index (χ4v) is 1.69. The van der Waals surface area contributed by atoms with E-state index < -0.39 is 10.1 Å². The van der Waals surface area contributed by atoms with Crippen LogP contribution in [-0.4, -0.2) is 34.0 Å². The standard InChI is InChI=1S/C6H12O4S/c1-9-5-3-6(4-5)10-11(2,7)8/h5-6H,3-4H2,1-2H3/t5-,6+. The average molecular weight is 180 g/mol. The molecule has 0 radical (unpaired) electrons. The van der Waals surface area contributed by atoms with Crippen molar-refractivity contribution in [1.82, 2.24) is 0 Å². The summed E-state index contributed by atoms with van der Waals surface area (Å²) in [7, 11) is -1.66. The number of ether oxygens (including phenoxy) is 1. The van der Waals surface area contributed by atoms with Crippen LogP contribution in [0.4, 0.5) is 0 Å². The normalized spacial score (nSPS) is 31.5. The molecule has 0 heterocycles. The van der Waals surface area contributed by atoms with E-state index in [2.05, 4.69) is 0 Å². The molecule has 0 aliphatic heterocycles. The van der Waals surface area contributed by atoms with Crippen molar-refractivity contribution in [2.45, 2.75) is 25.0 Å². The maximum atomic E-state index is 10.6. The van der Waals surface area contributed by atoms with Crippen molar-refractivity contribution < 1.29 is 17.3 Å². The molecule has 66 valence electrons. The summed E-state index contributed by atoms with van der Waals surface area (Å²) < 4.78 is 30.8. The molecule has 1 rings (SSSR count). The number of hydrogen-bond donors (Lipinski definition) is 0. The van der Waals surface area contributed by atoms with Gasteiger partial charge in [-0.3, -0.25) is 4.18 Å². The SMILES string of the molecule is CO[C@H]1C[C@@H](OS(C)(=O)=O)C1. The summed E-state index contributed by atoms with van der Waals surface area (Å²) in [5, 5.41) is 0. The Labute approximate surface area is 66.6 Å². The quantitative estimate of drug-likeness (QED) is 0.580. The van der Waals surface area contributed by atoms with Crippen LogP contribution in [-0.2, 0) is 19.0 Å². The molecule has 0 amide bonds. The van der Waals surface area contributed by atoms with Gasteiger partial charge in [-0.15, -0.1) is 0 Å². The van der Waals surface area contributed by atoms with Crippen LogP contribution in [0.3, 0.4) is 0 Å². The van der Waals surface area contributed by atoms with E-state index >= 15 is 0 Å². The van der Waals surface area contributed by atoms with Crippen LogP contribution in [0, 0.1) is 0 Å². The molecule has 0 aromatic carbocycles.